The molecule has 2 heterocycles. The summed E-state index contributed by atoms with van der Waals surface area (Å²) in [5.41, 5.74) is 3.21. The molecule has 8 heteroatoms. The van der Waals surface area contributed by atoms with Gasteiger partial charge in [0.2, 0.25) is 0 Å². The average molecular weight is 418 g/mol. The standard InChI is InChI=1S/C18H17BrFN5O/c1-24-16-4-2-3-15(13(16)9-21-24)22-18(26)17-14(19)10-25(23-17)12-7-5-11(20)6-8-12/h5-10,15H,2-4H2,1H3,(H,22,26). The SMILES string of the molecule is Cn1ncc2c1CCCC2NC(=O)c1nn(-c2ccc(F)cc2)cc1Br. The van der Waals surface area contributed by atoms with Crippen molar-refractivity contribution in [3.63, 3.8) is 0 Å². The predicted octanol–water partition coefficient (Wildman–Crippen LogP) is 3.31. The lowest BCUT2D eigenvalue weighted by Gasteiger charge is -2.23. The summed E-state index contributed by atoms with van der Waals surface area (Å²) in [6, 6.07) is 5.87. The second-order valence-corrected chi connectivity index (χ2v) is 7.19. The molecular formula is C18H17BrFN5O. The minimum Gasteiger partial charge on any atom is -0.344 e. The summed E-state index contributed by atoms with van der Waals surface area (Å²) >= 11 is 3.40. The molecule has 1 aromatic carbocycles. The molecule has 1 aliphatic carbocycles. The molecule has 1 unspecified atom stereocenters. The van der Waals surface area contributed by atoms with Crippen molar-refractivity contribution in [1.82, 2.24) is 24.9 Å². The Morgan fingerprint density at radius 2 is 2.12 bits per heavy atom. The maximum Gasteiger partial charge on any atom is 0.273 e. The highest BCUT2D eigenvalue weighted by molar-refractivity contribution is 9.10. The molecular weight excluding hydrogens is 401 g/mol. The number of halogens is 2. The summed E-state index contributed by atoms with van der Waals surface area (Å²) in [4.78, 5) is 12.7. The van der Waals surface area contributed by atoms with Crippen molar-refractivity contribution >= 4 is 21.8 Å². The van der Waals surface area contributed by atoms with Gasteiger partial charge in [0.15, 0.2) is 5.69 Å². The number of aryl methyl sites for hydroxylation is 1. The number of aromatic nitrogens is 4. The molecule has 1 atom stereocenters. The van der Waals surface area contributed by atoms with E-state index in [0.29, 0.717) is 15.9 Å². The number of amides is 1. The van der Waals surface area contributed by atoms with Gasteiger partial charge in [0.25, 0.3) is 5.91 Å². The van der Waals surface area contributed by atoms with Crippen LogP contribution in [0.15, 0.2) is 41.1 Å². The van der Waals surface area contributed by atoms with Gasteiger partial charge < -0.3 is 5.32 Å². The van der Waals surface area contributed by atoms with Gasteiger partial charge in [-0.05, 0) is 59.5 Å². The molecule has 0 bridgehead atoms. The van der Waals surface area contributed by atoms with Crippen LogP contribution in [0.5, 0.6) is 0 Å². The molecule has 0 saturated heterocycles. The Morgan fingerprint density at radius 3 is 2.88 bits per heavy atom. The minimum absolute atomic E-state index is 0.0668. The highest BCUT2D eigenvalue weighted by Gasteiger charge is 2.26. The predicted molar refractivity (Wildman–Crippen MR) is 97.6 cm³/mol. The summed E-state index contributed by atoms with van der Waals surface area (Å²) in [7, 11) is 1.92. The smallest absolute Gasteiger partial charge is 0.273 e. The first kappa shape index (κ1) is 17.0. The summed E-state index contributed by atoms with van der Waals surface area (Å²) < 4.78 is 17.1. The zero-order valence-electron chi connectivity index (χ0n) is 14.1. The number of hydrogen-bond acceptors (Lipinski definition) is 3. The van der Waals surface area contributed by atoms with E-state index in [9.17, 15) is 9.18 Å². The Hall–Kier alpha value is -2.48. The molecule has 1 aliphatic rings. The summed E-state index contributed by atoms with van der Waals surface area (Å²) in [5, 5.41) is 11.7. The molecule has 1 N–H and O–H groups in total. The van der Waals surface area contributed by atoms with Crippen molar-refractivity contribution in [2.45, 2.75) is 25.3 Å². The van der Waals surface area contributed by atoms with Gasteiger partial charge >= 0.3 is 0 Å². The molecule has 3 aromatic rings. The van der Waals surface area contributed by atoms with Crippen LogP contribution in [0.25, 0.3) is 5.69 Å². The number of rotatable bonds is 3. The first-order chi connectivity index (χ1) is 12.5. The first-order valence-corrected chi connectivity index (χ1v) is 9.15. The monoisotopic (exact) mass is 417 g/mol. The molecule has 4 rings (SSSR count). The van der Waals surface area contributed by atoms with Crippen LogP contribution >= 0.6 is 15.9 Å². The van der Waals surface area contributed by atoms with Crippen LogP contribution < -0.4 is 5.32 Å². The van der Waals surface area contributed by atoms with E-state index in [-0.39, 0.29) is 17.8 Å². The summed E-state index contributed by atoms with van der Waals surface area (Å²) in [6.45, 7) is 0. The van der Waals surface area contributed by atoms with Crippen LogP contribution in [0.2, 0.25) is 0 Å². The molecule has 134 valence electrons. The van der Waals surface area contributed by atoms with Crippen LogP contribution in [0, 0.1) is 5.82 Å². The summed E-state index contributed by atoms with van der Waals surface area (Å²) in [6.07, 6.45) is 6.37. The minimum atomic E-state index is -0.317. The van der Waals surface area contributed by atoms with Crippen molar-refractivity contribution in [2.24, 2.45) is 7.05 Å². The molecule has 6 nitrogen and oxygen atoms in total. The molecule has 1 amide bonds. The van der Waals surface area contributed by atoms with Gasteiger partial charge in [0.05, 0.1) is 22.4 Å². The van der Waals surface area contributed by atoms with E-state index in [2.05, 4.69) is 31.4 Å². The van der Waals surface area contributed by atoms with Gasteiger partial charge in [-0.2, -0.15) is 10.2 Å². The number of nitrogens with one attached hydrogen (secondary N) is 1. The molecule has 2 aromatic heterocycles. The van der Waals surface area contributed by atoms with Crippen molar-refractivity contribution in [1.29, 1.82) is 0 Å². The van der Waals surface area contributed by atoms with Crippen LogP contribution in [0.4, 0.5) is 4.39 Å². The lowest BCUT2D eigenvalue weighted by Crippen LogP contribution is -2.31. The van der Waals surface area contributed by atoms with E-state index in [1.54, 1.807) is 23.0 Å². The van der Waals surface area contributed by atoms with Crippen LogP contribution in [-0.2, 0) is 13.5 Å². The zero-order valence-corrected chi connectivity index (χ0v) is 15.7. The van der Waals surface area contributed by atoms with Gasteiger partial charge in [-0.1, -0.05) is 0 Å². The first-order valence-electron chi connectivity index (χ1n) is 8.35. The number of carbonyl (C=O) groups excluding carboxylic acids is 1. The molecule has 0 saturated carbocycles. The fourth-order valence-corrected chi connectivity index (χ4v) is 3.77. The highest BCUT2D eigenvalue weighted by Crippen LogP contribution is 2.30. The normalized spacial score (nSPS) is 16.3. The van der Waals surface area contributed by atoms with Crippen molar-refractivity contribution < 1.29 is 9.18 Å². The lowest BCUT2D eigenvalue weighted by molar-refractivity contribution is 0.0926. The zero-order chi connectivity index (χ0) is 18.3. The van der Waals surface area contributed by atoms with E-state index in [0.717, 1.165) is 30.5 Å². The van der Waals surface area contributed by atoms with Crippen molar-refractivity contribution in [3.05, 3.63) is 63.9 Å². The van der Waals surface area contributed by atoms with Gasteiger partial charge in [0.1, 0.15) is 5.82 Å². The molecule has 0 aliphatic heterocycles. The van der Waals surface area contributed by atoms with Gasteiger partial charge in [-0.25, -0.2) is 9.07 Å². The second-order valence-electron chi connectivity index (χ2n) is 6.34. The fourth-order valence-electron chi connectivity index (χ4n) is 3.32. The highest BCUT2D eigenvalue weighted by atomic mass is 79.9. The Kier molecular flexibility index (Phi) is 4.36. The molecule has 0 fully saturated rings. The van der Waals surface area contributed by atoms with E-state index in [1.807, 2.05) is 17.9 Å². The number of carbonyl (C=O) groups is 1. The van der Waals surface area contributed by atoms with Crippen LogP contribution in [-0.4, -0.2) is 25.5 Å². The summed E-state index contributed by atoms with van der Waals surface area (Å²) in [5.74, 6) is -0.568. The third-order valence-corrected chi connectivity index (χ3v) is 5.24. The molecule has 26 heavy (non-hydrogen) atoms. The van der Waals surface area contributed by atoms with Crippen LogP contribution in [0.1, 0.15) is 40.6 Å². The molecule has 0 radical (unpaired) electrons. The van der Waals surface area contributed by atoms with Crippen molar-refractivity contribution in [3.8, 4) is 5.69 Å². The number of hydrogen-bond donors (Lipinski definition) is 1. The Labute approximate surface area is 158 Å². The Bertz CT molecular complexity index is 963. The third-order valence-electron chi connectivity index (χ3n) is 4.66. The quantitative estimate of drug-likeness (QED) is 0.710. The van der Waals surface area contributed by atoms with Gasteiger partial charge in [-0.15, -0.1) is 0 Å². The number of fused-ring (bicyclic) bond motifs is 1. The van der Waals surface area contributed by atoms with Crippen molar-refractivity contribution in [2.75, 3.05) is 0 Å². The number of benzene rings is 1. The van der Waals surface area contributed by atoms with E-state index in [1.165, 1.54) is 12.1 Å². The van der Waals surface area contributed by atoms with E-state index >= 15 is 0 Å². The maximum atomic E-state index is 13.1. The average Bonchev–Trinajstić information content (AvgIpc) is 3.20. The van der Waals surface area contributed by atoms with Gasteiger partial charge in [-0.3, -0.25) is 9.48 Å². The second kappa shape index (κ2) is 6.68. The number of nitrogens with zero attached hydrogens (tertiary/aromatic N) is 4. The molecule has 0 spiro atoms. The van der Waals surface area contributed by atoms with Gasteiger partial charge in [0, 0.05) is 24.5 Å². The van der Waals surface area contributed by atoms with Crippen LogP contribution in [0.3, 0.4) is 0 Å². The lowest BCUT2D eigenvalue weighted by atomic mass is 9.93. The van der Waals surface area contributed by atoms with E-state index in [4.69, 9.17) is 0 Å². The Morgan fingerprint density at radius 1 is 1.35 bits per heavy atom. The largest absolute Gasteiger partial charge is 0.344 e. The fraction of sp³-hybridized carbons (Fsp3) is 0.278. The maximum absolute atomic E-state index is 13.1. The third kappa shape index (κ3) is 3.05. The Balaban J connectivity index is 1.57. The topological polar surface area (TPSA) is 64.7 Å². The van der Waals surface area contributed by atoms with E-state index < -0.39 is 0 Å².